The second-order valence-electron chi connectivity index (χ2n) is 9.79. The Bertz CT molecular complexity index is 1650. The van der Waals surface area contributed by atoms with Crippen molar-refractivity contribution in [3.8, 4) is 0 Å². The quantitative estimate of drug-likeness (QED) is 0.202. The zero-order chi connectivity index (χ0) is 28.8. The summed E-state index contributed by atoms with van der Waals surface area (Å²) in [5.74, 6) is -0.441. The molecule has 41 heavy (non-hydrogen) atoms. The third kappa shape index (κ3) is 7.03. The van der Waals surface area contributed by atoms with Gasteiger partial charge in [-0.15, -0.1) is 0 Å². The topological polar surface area (TPSA) is 63.1 Å². The lowest BCUT2D eigenvalue weighted by molar-refractivity contribution is -0.137. The number of carbonyl (C=O) groups is 2. The molecule has 0 bridgehead atoms. The number of aromatic nitrogens is 1. The fraction of sp³-hybridized carbons (Fsp3) is 0.152. The Balaban J connectivity index is 1.39. The molecule has 0 unspecified atom stereocenters. The first-order chi connectivity index (χ1) is 19.8. The van der Waals surface area contributed by atoms with Crippen molar-refractivity contribution in [1.82, 2.24) is 9.88 Å². The van der Waals surface area contributed by atoms with Crippen LogP contribution in [0.2, 0.25) is 0 Å². The Kier molecular flexibility index (Phi) is 8.19. The number of hydrogen-bond donors (Lipinski definition) is 2. The number of anilines is 1. The van der Waals surface area contributed by atoms with Crippen LogP contribution in [0.15, 0.2) is 109 Å². The first-order valence-electron chi connectivity index (χ1n) is 13.2. The second-order valence-corrected chi connectivity index (χ2v) is 9.79. The lowest BCUT2D eigenvalue weighted by Crippen LogP contribution is -2.25. The van der Waals surface area contributed by atoms with Crippen LogP contribution in [0, 0.1) is 0 Å². The van der Waals surface area contributed by atoms with Crippen LogP contribution in [-0.2, 0) is 30.5 Å². The number of fused-ring (bicyclic) bond motifs is 1. The predicted molar refractivity (Wildman–Crippen MR) is 153 cm³/mol. The van der Waals surface area contributed by atoms with E-state index in [0.717, 1.165) is 34.2 Å². The van der Waals surface area contributed by atoms with Gasteiger partial charge < -0.3 is 15.2 Å². The van der Waals surface area contributed by atoms with Crippen LogP contribution in [0.25, 0.3) is 10.9 Å². The number of halogens is 3. The minimum absolute atomic E-state index is 0.127. The summed E-state index contributed by atoms with van der Waals surface area (Å²) in [5.41, 5.74) is 3.58. The maximum Gasteiger partial charge on any atom is 0.416 e. The molecule has 0 saturated heterocycles. The van der Waals surface area contributed by atoms with Gasteiger partial charge in [-0.3, -0.25) is 9.59 Å². The molecule has 0 aliphatic rings. The van der Waals surface area contributed by atoms with Crippen LogP contribution < -0.4 is 10.6 Å². The molecule has 2 amide bonds. The van der Waals surface area contributed by atoms with Crippen LogP contribution in [0.4, 0.5) is 18.9 Å². The monoisotopic (exact) mass is 555 g/mol. The van der Waals surface area contributed by atoms with Crippen molar-refractivity contribution in [3.63, 3.8) is 0 Å². The van der Waals surface area contributed by atoms with E-state index in [9.17, 15) is 22.8 Å². The first kappa shape index (κ1) is 27.7. The highest BCUT2D eigenvalue weighted by molar-refractivity contribution is 6.00. The van der Waals surface area contributed by atoms with Gasteiger partial charge >= 0.3 is 6.18 Å². The molecule has 1 aromatic heterocycles. The summed E-state index contributed by atoms with van der Waals surface area (Å²) in [7, 11) is 0. The van der Waals surface area contributed by atoms with Gasteiger partial charge in [0.05, 0.1) is 5.56 Å². The van der Waals surface area contributed by atoms with E-state index in [1.807, 2.05) is 60.7 Å². The number of rotatable bonds is 9. The summed E-state index contributed by atoms with van der Waals surface area (Å²) in [6.07, 6.45) is -3.49. The van der Waals surface area contributed by atoms with E-state index in [-0.39, 0.29) is 18.4 Å². The summed E-state index contributed by atoms with van der Waals surface area (Å²) in [6, 6.07) is 31.3. The van der Waals surface area contributed by atoms with Crippen molar-refractivity contribution in [2.75, 3.05) is 5.32 Å². The summed E-state index contributed by atoms with van der Waals surface area (Å²) in [5, 5.41) is 6.58. The van der Waals surface area contributed by atoms with Crippen LogP contribution in [-0.4, -0.2) is 16.4 Å². The molecule has 1 heterocycles. The molecule has 0 aliphatic heterocycles. The largest absolute Gasteiger partial charge is 0.416 e. The SMILES string of the molecule is O=C(CCc1ccccc1)Nc1ccc2c(c1)cc(C(=O)NCc1ccccc1)n2Cc1ccc(C(F)(F)F)cc1. The van der Waals surface area contributed by atoms with Gasteiger partial charge in [0.1, 0.15) is 5.69 Å². The average molecular weight is 556 g/mol. The van der Waals surface area contributed by atoms with E-state index >= 15 is 0 Å². The number of amides is 2. The molecule has 2 N–H and O–H groups in total. The zero-order valence-corrected chi connectivity index (χ0v) is 22.1. The van der Waals surface area contributed by atoms with E-state index in [2.05, 4.69) is 10.6 Å². The fourth-order valence-electron chi connectivity index (χ4n) is 4.68. The summed E-state index contributed by atoms with van der Waals surface area (Å²) < 4.78 is 41.0. The van der Waals surface area contributed by atoms with E-state index in [1.165, 1.54) is 12.1 Å². The van der Waals surface area contributed by atoms with E-state index in [4.69, 9.17) is 0 Å². The van der Waals surface area contributed by atoms with Gasteiger partial charge in [-0.1, -0.05) is 72.8 Å². The fourth-order valence-corrected chi connectivity index (χ4v) is 4.68. The maximum atomic E-state index is 13.3. The van der Waals surface area contributed by atoms with Gasteiger partial charge in [-0.05, 0) is 59.5 Å². The molecule has 5 nitrogen and oxygen atoms in total. The van der Waals surface area contributed by atoms with Crippen molar-refractivity contribution in [2.45, 2.75) is 32.1 Å². The Hall–Kier alpha value is -4.85. The highest BCUT2D eigenvalue weighted by Crippen LogP contribution is 2.30. The lowest BCUT2D eigenvalue weighted by atomic mass is 10.1. The van der Waals surface area contributed by atoms with Gasteiger partial charge in [-0.25, -0.2) is 0 Å². The minimum atomic E-state index is -4.43. The van der Waals surface area contributed by atoms with Crippen LogP contribution in [0.3, 0.4) is 0 Å². The van der Waals surface area contributed by atoms with Gasteiger partial charge in [0.2, 0.25) is 5.91 Å². The van der Waals surface area contributed by atoms with Crippen molar-refractivity contribution in [3.05, 3.63) is 137 Å². The lowest BCUT2D eigenvalue weighted by Gasteiger charge is -2.13. The van der Waals surface area contributed by atoms with Gasteiger partial charge in [-0.2, -0.15) is 13.2 Å². The molecular formula is C33H28F3N3O2. The van der Waals surface area contributed by atoms with E-state index < -0.39 is 11.7 Å². The normalized spacial score (nSPS) is 11.4. The number of aryl methyl sites for hydroxylation is 1. The van der Waals surface area contributed by atoms with Crippen LogP contribution in [0.1, 0.15) is 39.2 Å². The number of nitrogens with one attached hydrogen (secondary N) is 2. The van der Waals surface area contributed by atoms with Gasteiger partial charge in [0, 0.05) is 36.1 Å². The molecule has 4 aromatic carbocycles. The highest BCUT2D eigenvalue weighted by atomic mass is 19.4. The van der Waals surface area contributed by atoms with E-state index in [0.29, 0.717) is 36.3 Å². The Morgan fingerprint density at radius 1 is 0.732 bits per heavy atom. The summed E-state index contributed by atoms with van der Waals surface area (Å²) in [6.45, 7) is 0.517. The Morgan fingerprint density at radius 3 is 2.05 bits per heavy atom. The van der Waals surface area contributed by atoms with Crippen molar-refractivity contribution >= 4 is 28.4 Å². The van der Waals surface area contributed by atoms with E-state index in [1.54, 1.807) is 28.8 Å². The molecule has 0 spiro atoms. The smallest absolute Gasteiger partial charge is 0.347 e. The third-order valence-corrected chi connectivity index (χ3v) is 6.82. The number of nitrogens with zero attached hydrogens (tertiary/aromatic N) is 1. The van der Waals surface area contributed by atoms with Gasteiger partial charge in [0.25, 0.3) is 5.91 Å². The molecule has 0 radical (unpaired) electrons. The Morgan fingerprint density at radius 2 is 1.39 bits per heavy atom. The average Bonchev–Trinajstić information content (AvgIpc) is 3.33. The summed E-state index contributed by atoms with van der Waals surface area (Å²) >= 11 is 0. The highest BCUT2D eigenvalue weighted by Gasteiger charge is 2.30. The molecule has 0 aliphatic carbocycles. The zero-order valence-electron chi connectivity index (χ0n) is 22.1. The predicted octanol–water partition coefficient (Wildman–Crippen LogP) is 7.21. The molecule has 208 valence electrons. The number of benzene rings is 4. The molecule has 5 rings (SSSR count). The second kappa shape index (κ2) is 12.1. The van der Waals surface area contributed by atoms with Crippen molar-refractivity contribution in [2.24, 2.45) is 0 Å². The molecular weight excluding hydrogens is 527 g/mol. The molecule has 0 fully saturated rings. The Labute approximate surface area is 235 Å². The number of alkyl halides is 3. The maximum absolute atomic E-state index is 13.3. The van der Waals surface area contributed by atoms with Crippen molar-refractivity contribution in [1.29, 1.82) is 0 Å². The van der Waals surface area contributed by atoms with Gasteiger partial charge in [0.15, 0.2) is 0 Å². The summed E-state index contributed by atoms with van der Waals surface area (Å²) in [4.78, 5) is 25.9. The molecule has 5 aromatic rings. The first-order valence-corrected chi connectivity index (χ1v) is 13.2. The standard InChI is InChI=1S/C33H28F3N3O2/c34-33(35,36)27-14-11-25(12-15-27)22-39-29-17-16-28(38-31(40)18-13-23-7-3-1-4-8-23)19-26(29)20-30(39)32(41)37-21-24-9-5-2-6-10-24/h1-12,14-17,19-20H,13,18,21-22H2,(H,37,41)(H,38,40). The number of carbonyl (C=O) groups excluding carboxylic acids is 2. The molecule has 0 atom stereocenters. The third-order valence-electron chi connectivity index (χ3n) is 6.82. The van der Waals surface area contributed by atoms with Crippen molar-refractivity contribution < 1.29 is 22.8 Å². The molecule has 8 heteroatoms. The van der Waals surface area contributed by atoms with Crippen LogP contribution in [0.5, 0.6) is 0 Å². The minimum Gasteiger partial charge on any atom is -0.347 e. The number of hydrogen-bond acceptors (Lipinski definition) is 2. The van der Waals surface area contributed by atoms with Crippen LogP contribution >= 0.6 is 0 Å². The molecule has 0 saturated carbocycles.